The van der Waals surface area contributed by atoms with Crippen molar-refractivity contribution in [2.24, 2.45) is 5.73 Å². The molecule has 1 aromatic heterocycles. The van der Waals surface area contributed by atoms with Gasteiger partial charge in [-0.05, 0) is 38.3 Å². The summed E-state index contributed by atoms with van der Waals surface area (Å²) in [5, 5.41) is 4.07. The molecule has 0 saturated heterocycles. The molecule has 2 N–H and O–H groups in total. The van der Waals surface area contributed by atoms with Crippen LogP contribution in [-0.2, 0) is 5.54 Å². The normalized spacial score (nSPS) is 11.8. The number of aryl methyl sites for hydroxylation is 2. The molecule has 0 radical (unpaired) electrons. The van der Waals surface area contributed by atoms with Crippen LogP contribution in [0.3, 0.4) is 0 Å². The number of benzene rings is 1. The van der Waals surface area contributed by atoms with Gasteiger partial charge in [-0.25, -0.2) is 0 Å². The van der Waals surface area contributed by atoms with Crippen molar-refractivity contribution in [3.8, 4) is 11.5 Å². The second-order valence-electron chi connectivity index (χ2n) is 5.10. The summed E-state index contributed by atoms with van der Waals surface area (Å²) in [6.07, 6.45) is 1.57. The monoisotopic (exact) mass is 259 g/mol. The Hall–Kier alpha value is -1.68. The van der Waals surface area contributed by atoms with E-state index in [1.165, 1.54) is 5.56 Å². The van der Waals surface area contributed by atoms with E-state index in [0.717, 1.165) is 24.0 Å². The highest BCUT2D eigenvalue weighted by molar-refractivity contribution is 5.59. The Bertz CT molecular complexity index is 571. The summed E-state index contributed by atoms with van der Waals surface area (Å²) in [5.74, 6) is 1.14. The van der Waals surface area contributed by atoms with Gasteiger partial charge in [0.25, 0.3) is 5.89 Å². The highest BCUT2D eigenvalue weighted by Crippen LogP contribution is 2.27. The third-order valence-electron chi connectivity index (χ3n) is 3.76. The Balaban J connectivity index is 2.44. The molecule has 0 aliphatic carbocycles. The first kappa shape index (κ1) is 13.7. The first-order valence-corrected chi connectivity index (χ1v) is 6.71. The molecule has 102 valence electrons. The van der Waals surface area contributed by atoms with E-state index in [9.17, 15) is 0 Å². The quantitative estimate of drug-likeness (QED) is 0.914. The largest absolute Gasteiger partial charge is 0.334 e. The van der Waals surface area contributed by atoms with E-state index >= 15 is 0 Å². The molecule has 2 aromatic rings. The molecular formula is C15H21N3O. The maximum atomic E-state index is 6.29. The fourth-order valence-electron chi connectivity index (χ4n) is 2.07. The van der Waals surface area contributed by atoms with E-state index in [4.69, 9.17) is 10.3 Å². The number of aromatic nitrogens is 2. The Labute approximate surface area is 114 Å². The van der Waals surface area contributed by atoms with Crippen molar-refractivity contribution < 1.29 is 4.52 Å². The van der Waals surface area contributed by atoms with Crippen LogP contribution < -0.4 is 5.73 Å². The van der Waals surface area contributed by atoms with E-state index in [-0.39, 0.29) is 0 Å². The number of nitrogens with zero attached hydrogens (tertiary/aromatic N) is 2. The molecule has 19 heavy (non-hydrogen) atoms. The summed E-state index contributed by atoms with van der Waals surface area (Å²) >= 11 is 0. The lowest BCUT2D eigenvalue weighted by Gasteiger charge is -2.21. The Morgan fingerprint density at radius 3 is 2.53 bits per heavy atom. The van der Waals surface area contributed by atoms with Crippen LogP contribution in [0.25, 0.3) is 11.5 Å². The van der Waals surface area contributed by atoms with Crippen molar-refractivity contribution >= 4 is 0 Å². The topological polar surface area (TPSA) is 64.9 Å². The lowest BCUT2D eigenvalue weighted by Crippen LogP contribution is -2.36. The van der Waals surface area contributed by atoms with Gasteiger partial charge in [0.15, 0.2) is 5.82 Å². The third-order valence-corrected chi connectivity index (χ3v) is 3.76. The number of hydrogen-bond acceptors (Lipinski definition) is 4. The zero-order valence-corrected chi connectivity index (χ0v) is 12.0. The first-order chi connectivity index (χ1) is 9.00. The van der Waals surface area contributed by atoms with Crippen LogP contribution in [0.4, 0.5) is 0 Å². The molecule has 0 atom stereocenters. The molecule has 0 bridgehead atoms. The summed E-state index contributed by atoms with van der Waals surface area (Å²) < 4.78 is 5.40. The zero-order chi connectivity index (χ0) is 14.0. The van der Waals surface area contributed by atoms with Crippen LogP contribution >= 0.6 is 0 Å². The first-order valence-electron chi connectivity index (χ1n) is 6.71. The van der Waals surface area contributed by atoms with Gasteiger partial charge in [-0.15, -0.1) is 0 Å². The molecule has 0 aliphatic rings. The van der Waals surface area contributed by atoms with Gasteiger partial charge < -0.3 is 10.3 Å². The van der Waals surface area contributed by atoms with Crippen molar-refractivity contribution in [3.63, 3.8) is 0 Å². The zero-order valence-electron chi connectivity index (χ0n) is 12.0. The van der Waals surface area contributed by atoms with Crippen molar-refractivity contribution in [2.45, 2.75) is 46.1 Å². The number of nitrogens with two attached hydrogens (primary N) is 1. The molecule has 0 spiro atoms. The number of rotatable bonds is 4. The van der Waals surface area contributed by atoms with Crippen LogP contribution in [-0.4, -0.2) is 10.1 Å². The minimum Gasteiger partial charge on any atom is -0.334 e. The Kier molecular flexibility index (Phi) is 3.71. The lowest BCUT2D eigenvalue weighted by molar-refractivity contribution is 0.350. The molecule has 0 saturated carbocycles. The van der Waals surface area contributed by atoms with Crippen LogP contribution in [0.2, 0.25) is 0 Å². The summed E-state index contributed by atoms with van der Waals surface area (Å²) in [7, 11) is 0. The average molecular weight is 259 g/mol. The van der Waals surface area contributed by atoms with Crippen LogP contribution in [0.5, 0.6) is 0 Å². The van der Waals surface area contributed by atoms with Gasteiger partial charge in [0.2, 0.25) is 0 Å². The van der Waals surface area contributed by atoms with Gasteiger partial charge in [0.1, 0.15) is 0 Å². The minimum atomic E-state index is -0.501. The van der Waals surface area contributed by atoms with E-state index in [1.54, 1.807) is 0 Å². The molecule has 1 heterocycles. The number of hydrogen-bond donors (Lipinski definition) is 1. The van der Waals surface area contributed by atoms with Crippen molar-refractivity contribution in [1.29, 1.82) is 0 Å². The fraction of sp³-hybridized carbons (Fsp3) is 0.467. The average Bonchev–Trinajstić information content (AvgIpc) is 2.90. The van der Waals surface area contributed by atoms with Crippen LogP contribution in [0, 0.1) is 13.8 Å². The molecule has 1 aromatic carbocycles. The molecule has 0 amide bonds. The van der Waals surface area contributed by atoms with Gasteiger partial charge in [-0.2, -0.15) is 4.98 Å². The van der Waals surface area contributed by atoms with Crippen LogP contribution in [0.15, 0.2) is 22.7 Å². The second-order valence-corrected chi connectivity index (χ2v) is 5.10. The van der Waals surface area contributed by atoms with E-state index in [0.29, 0.717) is 11.7 Å². The fourth-order valence-corrected chi connectivity index (χ4v) is 2.07. The maximum Gasteiger partial charge on any atom is 0.258 e. The molecule has 4 nitrogen and oxygen atoms in total. The van der Waals surface area contributed by atoms with Gasteiger partial charge in [0.05, 0.1) is 5.54 Å². The lowest BCUT2D eigenvalue weighted by atomic mass is 9.93. The van der Waals surface area contributed by atoms with Gasteiger partial charge >= 0.3 is 0 Å². The van der Waals surface area contributed by atoms with Gasteiger partial charge in [-0.3, -0.25) is 0 Å². The molecular weight excluding hydrogens is 238 g/mol. The molecule has 0 fully saturated rings. The predicted molar refractivity (Wildman–Crippen MR) is 75.7 cm³/mol. The predicted octanol–water partition coefficient (Wildman–Crippen LogP) is 3.33. The van der Waals surface area contributed by atoms with Crippen molar-refractivity contribution in [2.75, 3.05) is 0 Å². The molecule has 0 aliphatic heterocycles. The summed E-state index contributed by atoms with van der Waals surface area (Å²) in [6, 6.07) is 6.19. The van der Waals surface area contributed by atoms with Gasteiger partial charge in [-0.1, -0.05) is 36.7 Å². The third kappa shape index (κ3) is 2.54. The van der Waals surface area contributed by atoms with E-state index in [1.807, 2.05) is 27.7 Å². The summed E-state index contributed by atoms with van der Waals surface area (Å²) in [5.41, 5.74) is 9.06. The second kappa shape index (κ2) is 5.13. The summed E-state index contributed by atoms with van der Waals surface area (Å²) in [6.45, 7) is 8.16. The smallest absolute Gasteiger partial charge is 0.258 e. The Morgan fingerprint density at radius 2 is 1.89 bits per heavy atom. The summed E-state index contributed by atoms with van der Waals surface area (Å²) in [4.78, 5) is 4.49. The van der Waals surface area contributed by atoms with Crippen LogP contribution in [0.1, 0.15) is 43.6 Å². The van der Waals surface area contributed by atoms with Crippen molar-refractivity contribution in [3.05, 3.63) is 35.2 Å². The standard InChI is InChI=1S/C15H21N3O/c1-5-15(16,6-2)14-17-13(19-18-14)12-9-10(3)7-8-11(12)4/h7-9H,5-6,16H2,1-4H3. The van der Waals surface area contributed by atoms with E-state index < -0.39 is 5.54 Å². The van der Waals surface area contributed by atoms with Gasteiger partial charge in [0, 0.05) is 5.56 Å². The molecule has 0 unspecified atom stereocenters. The highest BCUT2D eigenvalue weighted by Gasteiger charge is 2.29. The SMILES string of the molecule is CCC(N)(CC)c1noc(-c2cc(C)ccc2C)n1. The maximum absolute atomic E-state index is 6.29. The van der Waals surface area contributed by atoms with Crippen molar-refractivity contribution in [1.82, 2.24) is 10.1 Å². The Morgan fingerprint density at radius 1 is 1.21 bits per heavy atom. The van der Waals surface area contributed by atoms with E-state index in [2.05, 4.69) is 28.3 Å². The molecule has 2 rings (SSSR count). The highest BCUT2D eigenvalue weighted by atomic mass is 16.5. The molecule has 4 heteroatoms. The minimum absolute atomic E-state index is 0.501.